The van der Waals surface area contributed by atoms with E-state index in [4.69, 9.17) is 23.2 Å². The molecule has 0 aromatic carbocycles. The minimum absolute atomic E-state index is 0.0518. The Labute approximate surface area is 99.3 Å². The molecule has 15 heavy (non-hydrogen) atoms. The lowest BCUT2D eigenvalue weighted by Crippen LogP contribution is -1.92. The molecule has 0 aliphatic rings. The van der Waals surface area contributed by atoms with E-state index in [0.717, 1.165) is 0 Å². The van der Waals surface area contributed by atoms with Gasteiger partial charge in [0.2, 0.25) is 5.28 Å². The molecular weight excluding hydrogens is 257 g/mol. The van der Waals surface area contributed by atoms with Crippen LogP contribution >= 0.6 is 35.0 Å². The number of aromatic nitrogens is 5. The molecule has 0 atom stereocenters. The van der Waals surface area contributed by atoms with Gasteiger partial charge in [-0.05, 0) is 29.4 Å². The van der Waals surface area contributed by atoms with Crippen LogP contribution in [0.15, 0.2) is 28.6 Å². The second-order valence-corrected chi connectivity index (χ2v) is 4.03. The maximum absolute atomic E-state index is 5.79. The molecular formula is C7H3Cl2N5S. The first-order valence-electron chi connectivity index (χ1n) is 3.75. The van der Waals surface area contributed by atoms with Crippen LogP contribution in [-0.4, -0.2) is 25.1 Å². The van der Waals surface area contributed by atoms with E-state index in [9.17, 15) is 0 Å². The van der Waals surface area contributed by atoms with Gasteiger partial charge in [-0.25, -0.2) is 15.0 Å². The standard InChI is InChI=1S/C7H3Cl2N5S/c8-5-6(12-7(9)14-13-5)15-4-1-2-10-3-11-4/h1-3H. The van der Waals surface area contributed by atoms with E-state index in [1.54, 1.807) is 12.3 Å². The number of hydrogen-bond donors (Lipinski definition) is 0. The highest BCUT2D eigenvalue weighted by molar-refractivity contribution is 7.99. The number of nitrogens with zero attached hydrogens (tertiary/aromatic N) is 5. The van der Waals surface area contributed by atoms with Crippen LogP contribution in [0.2, 0.25) is 10.4 Å². The smallest absolute Gasteiger partial charge is 0.244 e. The molecule has 0 amide bonds. The van der Waals surface area contributed by atoms with Crippen molar-refractivity contribution in [2.24, 2.45) is 0 Å². The Balaban J connectivity index is 2.28. The first kappa shape index (κ1) is 10.5. The van der Waals surface area contributed by atoms with Gasteiger partial charge in [-0.15, -0.1) is 10.2 Å². The van der Waals surface area contributed by atoms with Crippen molar-refractivity contribution in [3.63, 3.8) is 0 Å². The van der Waals surface area contributed by atoms with Gasteiger partial charge in [-0.2, -0.15) is 0 Å². The molecule has 0 fully saturated rings. The van der Waals surface area contributed by atoms with Crippen LogP contribution in [-0.2, 0) is 0 Å². The van der Waals surface area contributed by atoms with E-state index < -0.39 is 0 Å². The number of rotatable bonds is 2. The molecule has 0 saturated carbocycles. The van der Waals surface area contributed by atoms with Crippen LogP contribution in [0.4, 0.5) is 0 Å². The summed E-state index contributed by atoms with van der Waals surface area (Å²) in [6.45, 7) is 0. The summed E-state index contributed by atoms with van der Waals surface area (Å²) in [6.07, 6.45) is 3.06. The maximum atomic E-state index is 5.79. The highest BCUT2D eigenvalue weighted by Crippen LogP contribution is 2.28. The van der Waals surface area contributed by atoms with Gasteiger partial charge in [-0.3, -0.25) is 0 Å². The summed E-state index contributed by atoms with van der Waals surface area (Å²) in [6, 6.07) is 1.73. The summed E-state index contributed by atoms with van der Waals surface area (Å²) < 4.78 is 0. The Hall–Kier alpha value is -0.980. The van der Waals surface area contributed by atoms with E-state index in [-0.39, 0.29) is 10.4 Å². The van der Waals surface area contributed by atoms with Crippen LogP contribution in [0.5, 0.6) is 0 Å². The Bertz CT molecular complexity index is 466. The third-order valence-electron chi connectivity index (χ3n) is 1.35. The number of hydrogen-bond acceptors (Lipinski definition) is 6. The molecule has 0 spiro atoms. The van der Waals surface area contributed by atoms with Crippen LogP contribution in [0, 0.1) is 0 Å². The van der Waals surface area contributed by atoms with Crippen molar-refractivity contribution in [2.75, 3.05) is 0 Å². The molecule has 0 saturated heterocycles. The van der Waals surface area contributed by atoms with Crippen LogP contribution in [0.1, 0.15) is 0 Å². The van der Waals surface area contributed by atoms with Gasteiger partial charge in [0.25, 0.3) is 0 Å². The summed E-state index contributed by atoms with van der Waals surface area (Å²) in [5.41, 5.74) is 0. The normalized spacial score (nSPS) is 10.3. The van der Waals surface area contributed by atoms with Gasteiger partial charge in [0, 0.05) is 6.20 Å². The summed E-state index contributed by atoms with van der Waals surface area (Å²) in [4.78, 5) is 11.7. The minimum atomic E-state index is 0.0518. The summed E-state index contributed by atoms with van der Waals surface area (Å²) in [5, 5.41) is 8.57. The molecule has 2 heterocycles. The van der Waals surface area contributed by atoms with Crippen molar-refractivity contribution in [3.05, 3.63) is 29.0 Å². The van der Waals surface area contributed by atoms with E-state index >= 15 is 0 Å². The zero-order valence-electron chi connectivity index (χ0n) is 7.13. The van der Waals surface area contributed by atoms with Gasteiger partial charge in [0.05, 0.1) is 0 Å². The molecule has 2 aromatic rings. The second-order valence-electron chi connectivity index (χ2n) is 2.33. The fourth-order valence-corrected chi connectivity index (χ4v) is 1.84. The molecule has 5 nitrogen and oxygen atoms in total. The monoisotopic (exact) mass is 259 g/mol. The lowest BCUT2D eigenvalue weighted by Gasteiger charge is -2.00. The average molecular weight is 260 g/mol. The average Bonchev–Trinajstić information content (AvgIpc) is 2.25. The Morgan fingerprint density at radius 1 is 1.20 bits per heavy atom. The molecule has 0 radical (unpaired) electrons. The van der Waals surface area contributed by atoms with Crippen molar-refractivity contribution in [1.82, 2.24) is 25.1 Å². The molecule has 0 aliphatic heterocycles. The lowest BCUT2D eigenvalue weighted by molar-refractivity contribution is 0.902. The first-order chi connectivity index (χ1) is 7.25. The molecule has 2 aromatic heterocycles. The predicted molar refractivity (Wildman–Crippen MR) is 56.0 cm³/mol. The molecule has 0 aliphatic carbocycles. The van der Waals surface area contributed by atoms with Crippen molar-refractivity contribution < 1.29 is 0 Å². The topological polar surface area (TPSA) is 64.5 Å². The van der Waals surface area contributed by atoms with Crippen LogP contribution < -0.4 is 0 Å². The Morgan fingerprint density at radius 3 is 2.80 bits per heavy atom. The lowest BCUT2D eigenvalue weighted by atomic mass is 10.7. The molecule has 0 unspecified atom stereocenters. The van der Waals surface area contributed by atoms with Gasteiger partial charge >= 0.3 is 0 Å². The zero-order valence-corrected chi connectivity index (χ0v) is 9.46. The van der Waals surface area contributed by atoms with Crippen molar-refractivity contribution >= 4 is 35.0 Å². The highest BCUT2D eigenvalue weighted by Gasteiger charge is 2.08. The Morgan fingerprint density at radius 2 is 2.07 bits per heavy atom. The van der Waals surface area contributed by atoms with E-state index in [0.29, 0.717) is 10.1 Å². The zero-order chi connectivity index (χ0) is 10.7. The Kier molecular flexibility index (Phi) is 3.30. The van der Waals surface area contributed by atoms with Gasteiger partial charge < -0.3 is 0 Å². The third-order valence-corrected chi connectivity index (χ3v) is 2.80. The van der Waals surface area contributed by atoms with Crippen LogP contribution in [0.3, 0.4) is 0 Å². The SMILES string of the molecule is Clc1nnc(Cl)c(Sc2ccncn2)n1. The van der Waals surface area contributed by atoms with Gasteiger partial charge in [0.15, 0.2) is 5.15 Å². The second kappa shape index (κ2) is 4.69. The van der Waals surface area contributed by atoms with Crippen LogP contribution in [0.25, 0.3) is 0 Å². The predicted octanol–water partition coefficient (Wildman–Crippen LogP) is 2.12. The van der Waals surface area contributed by atoms with Gasteiger partial charge in [0.1, 0.15) is 16.4 Å². The molecule has 0 N–H and O–H groups in total. The summed E-state index contributed by atoms with van der Waals surface area (Å²) in [7, 11) is 0. The highest BCUT2D eigenvalue weighted by atomic mass is 35.5. The molecule has 0 bridgehead atoms. The first-order valence-corrected chi connectivity index (χ1v) is 5.32. The molecule has 2 rings (SSSR count). The largest absolute Gasteiger partial charge is 0.245 e. The summed E-state index contributed by atoms with van der Waals surface area (Å²) >= 11 is 12.6. The summed E-state index contributed by atoms with van der Waals surface area (Å²) in [5.74, 6) is 0. The third kappa shape index (κ3) is 2.74. The molecule has 8 heteroatoms. The maximum Gasteiger partial charge on any atom is 0.244 e. The number of halogens is 2. The fraction of sp³-hybridized carbons (Fsp3) is 0. The molecule has 76 valence electrons. The minimum Gasteiger partial charge on any atom is -0.245 e. The van der Waals surface area contributed by atoms with E-state index in [1.807, 2.05) is 0 Å². The van der Waals surface area contributed by atoms with E-state index in [2.05, 4.69) is 25.1 Å². The quantitative estimate of drug-likeness (QED) is 0.770. The van der Waals surface area contributed by atoms with Gasteiger partial charge in [-0.1, -0.05) is 11.6 Å². The fourth-order valence-electron chi connectivity index (χ4n) is 0.783. The van der Waals surface area contributed by atoms with E-state index in [1.165, 1.54) is 18.1 Å². The van der Waals surface area contributed by atoms with Crippen molar-refractivity contribution in [1.29, 1.82) is 0 Å². The van der Waals surface area contributed by atoms with Crippen molar-refractivity contribution in [2.45, 2.75) is 10.1 Å². The van der Waals surface area contributed by atoms with Crippen molar-refractivity contribution in [3.8, 4) is 0 Å².